The summed E-state index contributed by atoms with van der Waals surface area (Å²) in [7, 11) is -3.38. The topological polar surface area (TPSA) is 66.7 Å². The molecule has 0 aliphatic rings. The van der Waals surface area contributed by atoms with E-state index in [4.69, 9.17) is 5.21 Å². The number of benzene rings is 1. The molecule has 6 heteroatoms. The van der Waals surface area contributed by atoms with Crippen molar-refractivity contribution in [1.82, 2.24) is 0 Å². The quantitative estimate of drug-likeness (QED) is 0.509. The van der Waals surface area contributed by atoms with Gasteiger partial charge in [-0.2, -0.15) is 0 Å². The van der Waals surface area contributed by atoms with Crippen molar-refractivity contribution in [2.75, 3.05) is 5.75 Å². The number of oxime groups is 1. The van der Waals surface area contributed by atoms with Gasteiger partial charge in [0.1, 0.15) is 16.8 Å². The number of rotatable bonds is 4. The highest BCUT2D eigenvalue weighted by Gasteiger charge is 2.26. The summed E-state index contributed by atoms with van der Waals surface area (Å²) in [6.45, 7) is 2.92. The summed E-state index contributed by atoms with van der Waals surface area (Å²) in [5.41, 5.74) is 0.211. The first-order valence-corrected chi connectivity index (χ1v) is 6.83. The van der Waals surface area contributed by atoms with Crippen LogP contribution in [-0.2, 0) is 9.84 Å². The van der Waals surface area contributed by atoms with E-state index in [2.05, 4.69) is 5.16 Å². The van der Waals surface area contributed by atoms with Crippen LogP contribution in [0.3, 0.4) is 0 Å². The summed E-state index contributed by atoms with van der Waals surface area (Å²) in [5.74, 6) is -0.576. The molecule has 0 bridgehead atoms. The molecule has 1 atom stereocenters. The average molecular weight is 259 g/mol. The summed E-state index contributed by atoms with van der Waals surface area (Å²) in [6.07, 6.45) is 0. The van der Waals surface area contributed by atoms with Crippen molar-refractivity contribution < 1.29 is 18.0 Å². The number of nitrogens with zero attached hydrogens (tertiary/aromatic N) is 1. The predicted octanol–water partition coefficient (Wildman–Crippen LogP) is 1.83. The van der Waals surface area contributed by atoms with E-state index in [0.29, 0.717) is 0 Å². The van der Waals surface area contributed by atoms with Crippen molar-refractivity contribution >= 4 is 15.5 Å². The molecule has 94 valence electrons. The Labute approximate surface area is 99.7 Å². The van der Waals surface area contributed by atoms with Crippen LogP contribution in [0, 0.1) is 5.82 Å². The molecule has 0 heterocycles. The van der Waals surface area contributed by atoms with Gasteiger partial charge in [-0.3, -0.25) is 0 Å². The third kappa shape index (κ3) is 3.03. The minimum atomic E-state index is -3.38. The zero-order valence-corrected chi connectivity index (χ0v) is 10.4. The zero-order valence-electron chi connectivity index (χ0n) is 9.59. The molecular weight excluding hydrogens is 245 g/mol. The van der Waals surface area contributed by atoms with Crippen LogP contribution in [0.2, 0.25) is 0 Å². The first kappa shape index (κ1) is 13.6. The fourth-order valence-electron chi connectivity index (χ4n) is 1.44. The van der Waals surface area contributed by atoms with E-state index >= 15 is 0 Å². The van der Waals surface area contributed by atoms with Crippen LogP contribution in [0.15, 0.2) is 29.4 Å². The molecule has 0 fully saturated rings. The van der Waals surface area contributed by atoms with E-state index < -0.39 is 20.9 Å². The van der Waals surface area contributed by atoms with Crippen molar-refractivity contribution in [3.8, 4) is 0 Å². The van der Waals surface area contributed by atoms with Gasteiger partial charge in [-0.25, -0.2) is 12.8 Å². The Kier molecular flexibility index (Phi) is 4.22. The number of halogens is 1. The normalized spacial score (nSPS) is 14.6. The fraction of sp³-hybridized carbons (Fsp3) is 0.364. The van der Waals surface area contributed by atoms with Crippen LogP contribution in [0.25, 0.3) is 0 Å². The predicted molar refractivity (Wildman–Crippen MR) is 63.6 cm³/mol. The Balaban J connectivity index is 3.19. The molecule has 0 radical (unpaired) electrons. The third-order valence-corrected chi connectivity index (χ3v) is 4.66. The summed E-state index contributed by atoms with van der Waals surface area (Å²) in [6, 6.07) is 5.30. The minimum absolute atomic E-state index is 0.0497. The maximum atomic E-state index is 13.0. The monoisotopic (exact) mass is 259 g/mol. The lowest BCUT2D eigenvalue weighted by Crippen LogP contribution is -2.29. The van der Waals surface area contributed by atoms with Gasteiger partial charge < -0.3 is 5.21 Å². The van der Waals surface area contributed by atoms with Crippen LogP contribution >= 0.6 is 0 Å². The summed E-state index contributed by atoms with van der Waals surface area (Å²) in [4.78, 5) is 0. The second-order valence-electron chi connectivity index (χ2n) is 3.59. The second kappa shape index (κ2) is 5.27. The van der Waals surface area contributed by atoms with Crippen LogP contribution in [0.4, 0.5) is 4.39 Å². The molecule has 0 spiro atoms. The van der Waals surface area contributed by atoms with E-state index in [1.54, 1.807) is 0 Å². The fourth-order valence-corrected chi connectivity index (χ4v) is 2.47. The molecule has 0 aliphatic heterocycles. The van der Waals surface area contributed by atoms with E-state index in [-0.39, 0.29) is 17.0 Å². The van der Waals surface area contributed by atoms with Gasteiger partial charge in [-0.15, -0.1) is 0 Å². The Bertz CT molecular complexity index is 525. The SMILES string of the molecule is CCS(=O)(=O)C(C)C(=NO)c1cccc(F)c1. The first-order chi connectivity index (χ1) is 7.92. The molecular formula is C11H14FNO3S. The van der Waals surface area contributed by atoms with Gasteiger partial charge in [0.05, 0.1) is 0 Å². The van der Waals surface area contributed by atoms with Crippen LogP contribution < -0.4 is 0 Å². The minimum Gasteiger partial charge on any atom is -0.411 e. The standard InChI is InChI=1S/C11H14FNO3S/c1-3-17(15,16)8(2)11(13-14)9-5-4-6-10(12)7-9/h4-8,14H,3H2,1-2H3. The van der Waals surface area contributed by atoms with Gasteiger partial charge in [0.2, 0.25) is 0 Å². The van der Waals surface area contributed by atoms with Crippen molar-refractivity contribution in [2.24, 2.45) is 5.16 Å². The third-order valence-electron chi connectivity index (χ3n) is 2.55. The second-order valence-corrected chi connectivity index (χ2v) is 6.20. The van der Waals surface area contributed by atoms with Crippen molar-refractivity contribution in [2.45, 2.75) is 19.1 Å². The molecule has 0 saturated carbocycles. The van der Waals surface area contributed by atoms with Gasteiger partial charge in [0, 0.05) is 11.3 Å². The van der Waals surface area contributed by atoms with Crippen LogP contribution in [0.5, 0.6) is 0 Å². The summed E-state index contributed by atoms with van der Waals surface area (Å²) < 4.78 is 36.4. The lowest BCUT2D eigenvalue weighted by molar-refractivity contribution is 0.318. The zero-order chi connectivity index (χ0) is 13.1. The Morgan fingerprint density at radius 1 is 1.53 bits per heavy atom. The van der Waals surface area contributed by atoms with Gasteiger partial charge in [0.25, 0.3) is 0 Å². The average Bonchev–Trinajstić information content (AvgIpc) is 2.30. The molecule has 0 aliphatic carbocycles. The molecule has 0 aromatic heterocycles. The van der Waals surface area contributed by atoms with Crippen molar-refractivity contribution in [3.05, 3.63) is 35.6 Å². The van der Waals surface area contributed by atoms with Crippen LogP contribution in [0.1, 0.15) is 19.4 Å². The highest BCUT2D eigenvalue weighted by molar-refractivity contribution is 7.92. The van der Waals surface area contributed by atoms with Gasteiger partial charge in [0.15, 0.2) is 9.84 Å². The highest BCUT2D eigenvalue weighted by atomic mass is 32.2. The molecule has 1 aromatic carbocycles. The lowest BCUT2D eigenvalue weighted by Gasteiger charge is -2.13. The molecule has 0 amide bonds. The van der Waals surface area contributed by atoms with Crippen molar-refractivity contribution in [1.29, 1.82) is 0 Å². The van der Waals surface area contributed by atoms with E-state index in [1.165, 1.54) is 32.0 Å². The molecule has 17 heavy (non-hydrogen) atoms. The van der Waals surface area contributed by atoms with E-state index in [9.17, 15) is 12.8 Å². The molecule has 1 aromatic rings. The smallest absolute Gasteiger partial charge is 0.158 e. The largest absolute Gasteiger partial charge is 0.411 e. The number of sulfone groups is 1. The number of hydrogen-bond acceptors (Lipinski definition) is 4. The Hall–Kier alpha value is -1.43. The van der Waals surface area contributed by atoms with E-state index in [1.807, 2.05) is 0 Å². The van der Waals surface area contributed by atoms with Gasteiger partial charge in [-0.1, -0.05) is 24.2 Å². The van der Waals surface area contributed by atoms with Gasteiger partial charge in [-0.05, 0) is 19.1 Å². The molecule has 1 rings (SSSR count). The molecule has 1 N–H and O–H groups in total. The molecule has 4 nitrogen and oxygen atoms in total. The van der Waals surface area contributed by atoms with Gasteiger partial charge >= 0.3 is 0 Å². The Morgan fingerprint density at radius 2 is 2.18 bits per heavy atom. The lowest BCUT2D eigenvalue weighted by atomic mass is 10.1. The van der Waals surface area contributed by atoms with Crippen molar-refractivity contribution in [3.63, 3.8) is 0 Å². The maximum Gasteiger partial charge on any atom is 0.158 e. The van der Waals surface area contributed by atoms with E-state index in [0.717, 1.165) is 6.07 Å². The maximum absolute atomic E-state index is 13.0. The summed E-state index contributed by atoms with van der Waals surface area (Å²) >= 11 is 0. The summed E-state index contributed by atoms with van der Waals surface area (Å²) in [5, 5.41) is 10.9. The molecule has 0 saturated heterocycles. The molecule has 1 unspecified atom stereocenters. The highest BCUT2D eigenvalue weighted by Crippen LogP contribution is 2.13. The Morgan fingerprint density at radius 3 is 2.65 bits per heavy atom. The first-order valence-electron chi connectivity index (χ1n) is 5.11. The van der Waals surface area contributed by atoms with Crippen LogP contribution in [-0.4, -0.2) is 30.3 Å². The number of hydrogen-bond donors (Lipinski definition) is 1.